The van der Waals surface area contributed by atoms with Crippen LogP contribution in [0.2, 0.25) is 0 Å². The highest BCUT2D eigenvalue weighted by molar-refractivity contribution is 5.79. The van der Waals surface area contributed by atoms with Crippen molar-refractivity contribution in [2.45, 2.75) is 39.2 Å². The van der Waals surface area contributed by atoms with E-state index in [-0.39, 0.29) is 5.97 Å². The average Bonchev–Trinajstić information content (AvgIpc) is 2.39. The molecule has 5 heteroatoms. The van der Waals surface area contributed by atoms with E-state index < -0.39 is 5.54 Å². The van der Waals surface area contributed by atoms with Crippen LogP contribution in [0.3, 0.4) is 0 Å². The second-order valence-corrected chi connectivity index (χ2v) is 5.52. The summed E-state index contributed by atoms with van der Waals surface area (Å²) in [6.07, 6.45) is 1.62. The maximum atomic E-state index is 11.7. The summed E-state index contributed by atoms with van der Waals surface area (Å²) < 4.78 is 4.99. The molecule has 112 valence electrons. The molecule has 0 spiro atoms. The molecule has 1 heterocycles. The van der Waals surface area contributed by atoms with Gasteiger partial charge in [0.1, 0.15) is 5.54 Å². The number of likely N-dealkylation sites (N-methyl/N-ethyl adjacent to an activating group) is 1. The fourth-order valence-electron chi connectivity index (χ4n) is 2.40. The second kappa shape index (κ2) is 7.82. The Morgan fingerprint density at radius 3 is 2.32 bits per heavy atom. The van der Waals surface area contributed by atoms with Crippen molar-refractivity contribution in [3.05, 3.63) is 0 Å². The summed E-state index contributed by atoms with van der Waals surface area (Å²) in [5.74, 6) is -0.286. The minimum absolute atomic E-state index is 0.286. The van der Waals surface area contributed by atoms with Crippen LogP contribution >= 0.6 is 0 Å². The monoisotopic (exact) mass is 271 g/mol. The van der Waals surface area contributed by atoms with Gasteiger partial charge in [-0.2, -0.15) is 0 Å². The molecule has 1 saturated heterocycles. The van der Waals surface area contributed by atoms with Gasteiger partial charge < -0.3 is 20.3 Å². The highest BCUT2D eigenvalue weighted by atomic mass is 16.5. The number of hydrogen-bond donors (Lipinski definition) is 1. The molecular weight excluding hydrogens is 242 g/mol. The Balaban J connectivity index is 2.21. The van der Waals surface area contributed by atoms with Crippen LogP contribution in [0.4, 0.5) is 0 Å². The van der Waals surface area contributed by atoms with E-state index in [1.807, 2.05) is 0 Å². The number of carbonyl (C=O) groups excluding carboxylic acids is 1. The predicted octanol–water partition coefficient (Wildman–Crippen LogP) is 0.685. The van der Waals surface area contributed by atoms with E-state index in [4.69, 9.17) is 10.5 Å². The number of nitrogens with zero attached hydrogens (tertiary/aromatic N) is 2. The molecule has 1 rings (SSSR count). The van der Waals surface area contributed by atoms with Gasteiger partial charge in [0.2, 0.25) is 0 Å². The summed E-state index contributed by atoms with van der Waals surface area (Å²) in [7, 11) is 0. The average molecular weight is 271 g/mol. The van der Waals surface area contributed by atoms with Gasteiger partial charge in [0, 0.05) is 26.2 Å². The molecule has 1 atom stereocenters. The third-order valence-corrected chi connectivity index (χ3v) is 3.82. The number of hydrogen-bond acceptors (Lipinski definition) is 5. The molecule has 0 bridgehead atoms. The Kier molecular flexibility index (Phi) is 6.75. The van der Waals surface area contributed by atoms with Crippen LogP contribution in [0.1, 0.15) is 33.6 Å². The van der Waals surface area contributed by atoms with Gasteiger partial charge >= 0.3 is 5.97 Å². The number of nitrogens with two attached hydrogens (primary N) is 1. The molecule has 0 aromatic rings. The van der Waals surface area contributed by atoms with Crippen LogP contribution in [0.5, 0.6) is 0 Å². The van der Waals surface area contributed by atoms with Gasteiger partial charge in [-0.1, -0.05) is 6.92 Å². The van der Waals surface area contributed by atoms with Gasteiger partial charge in [0.15, 0.2) is 0 Å². The van der Waals surface area contributed by atoms with Crippen LogP contribution < -0.4 is 5.73 Å². The van der Waals surface area contributed by atoms with E-state index in [2.05, 4.69) is 16.7 Å². The lowest BCUT2D eigenvalue weighted by atomic mass is 9.97. The quantitative estimate of drug-likeness (QED) is 0.690. The van der Waals surface area contributed by atoms with Crippen molar-refractivity contribution in [1.29, 1.82) is 0 Å². The highest BCUT2D eigenvalue weighted by Crippen LogP contribution is 2.12. The molecule has 0 aromatic carbocycles. The Morgan fingerprint density at radius 1 is 1.21 bits per heavy atom. The lowest BCUT2D eigenvalue weighted by molar-refractivity contribution is -0.149. The first-order valence-corrected chi connectivity index (χ1v) is 7.40. The Hall–Kier alpha value is -0.650. The van der Waals surface area contributed by atoms with Crippen molar-refractivity contribution in [3.8, 4) is 0 Å². The van der Waals surface area contributed by atoms with E-state index >= 15 is 0 Å². The summed E-state index contributed by atoms with van der Waals surface area (Å²) in [4.78, 5) is 16.6. The van der Waals surface area contributed by atoms with Gasteiger partial charge in [-0.3, -0.25) is 4.79 Å². The molecule has 19 heavy (non-hydrogen) atoms. The minimum atomic E-state index is -0.846. The third kappa shape index (κ3) is 5.47. The van der Waals surface area contributed by atoms with Gasteiger partial charge in [0.25, 0.3) is 0 Å². The molecule has 0 radical (unpaired) electrons. The van der Waals surface area contributed by atoms with Crippen LogP contribution in [0.15, 0.2) is 0 Å². The maximum absolute atomic E-state index is 11.7. The number of carbonyl (C=O) groups is 1. The van der Waals surface area contributed by atoms with Crippen LogP contribution in [-0.2, 0) is 9.53 Å². The Labute approximate surface area is 117 Å². The second-order valence-electron chi connectivity index (χ2n) is 5.52. The van der Waals surface area contributed by atoms with Crippen molar-refractivity contribution in [3.63, 3.8) is 0 Å². The van der Waals surface area contributed by atoms with E-state index in [1.54, 1.807) is 13.8 Å². The zero-order chi connectivity index (χ0) is 14.3. The standard InChI is InChI=1S/C14H29N3O2/c1-4-16-9-11-17(12-10-16)8-6-7-14(3,15)13(18)19-5-2/h4-12,15H2,1-3H3. The smallest absolute Gasteiger partial charge is 0.325 e. The molecular formula is C14H29N3O2. The van der Waals surface area contributed by atoms with E-state index in [0.717, 1.165) is 45.7 Å². The van der Waals surface area contributed by atoms with Gasteiger partial charge in [-0.25, -0.2) is 0 Å². The zero-order valence-corrected chi connectivity index (χ0v) is 12.7. The molecule has 1 aliphatic heterocycles. The minimum Gasteiger partial charge on any atom is -0.465 e. The summed E-state index contributed by atoms with van der Waals surface area (Å²) in [5, 5.41) is 0. The number of ether oxygens (including phenoxy) is 1. The van der Waals surface area contributed by atoms with E-state index in [9.17, 15) is 4.79 Å². The van der Waals surface area contributed by atoms with Gasteiger partial charge in [-0.15, -0.1) is 0 Å². The molecule has 0 aromatic heterocycles. The molecule has 1 aliphatic rings. The largest absolute Gasteiger partial charge is 0.465 e. The van der Waals surface area contributed by atoms with Crippen LogP contribution in [-0.4, -0.2) is 67.2 Å². The predicted molar refractivity (Wildman–Crippen MR) is 77.0 cm³/mol. The molecule has 0 saturated carbocycles. The summed E-state index contributed by atoms with van der Waals surface area (Å²) in [6, 6.07) is 0. The van der Waals surface area contributed by atoms with Crippen molar-refractivity contribution in [2.75, 3.05) is 45.9 Å². The Bertz CT molecular complexity index is 274. The topological polar surface area (TPSA) is 58.8 Å². The van der Waals surface area contributed by atoms with E-state index in [0.29, 0.717) is 13.0 Å². The fraction of sp³-hybridized carbons (Fsp3) is 0.929. The highest BCUT2D eigenvalue weighted by Gasteiger charge is 2.29. The molecule has 1 unspecified atom stereocenters. The maximum Gasteiger partial charge on any atom is 0.325 e. The van der Waals surface area contributed by atoms with Crippen LogP contribution in [0, 0.1) is 0 Å². The van der Waals surface area contributed by atoms with Gasteiger partial charge in [0.05, 0.1) is 6.61 Å². The van der Waals surface area contributed by atoms with Crippen molar-refractivity contribution in [2.24, 2.45) is 5.73 Å². The number of esters is 1. The first kappa shape index (κ1) is 16.4. The molecule has 0 amide bonds. The molecule has 2 N–H and O–H groups in total. The number of piperazine rings is 1. The van der Waals surface area contributed by atoms with Crippen LogP contribution in [0.25, 0.3) is 0 Å². The summed E-state index contributed by atoms with van der Waals surface area (Å²) >= 11 is 0. The van der Waals surface area contributed by atoms with Crippen molar-refractivity contribution in [1.82, 2.24) is 9.80 Å². The number of rotatable bonds is 7. The van der Waals surface area contributed by atoms with Gasteiger partial charge in [-0.05, 0) is 39.8 Å². The van der Waals surface area contributed by atoms with Crippen molar-refractivity contribution < 1.29 is 9.53 Å². The molecule has 0 aliphatic carbocycles. The zero-order valence-electron chi connectivity index (χ0n) is 12.7. The first-order valence-electron chi connectivity index (χ1n) is 7.40. The fourth-order valence-corrected chi connectivity index (χ4v) is 2.40. The molecule has 1 fully saturated rings. The first-order chi connectivity index (χ1) is 8.99. The SMILES string of the molecule is CCOC(=O)C(C)(N)CCCN1CCN(CC)CC1. The summed E-state index contributed by atoms with van der Waals surface area (Å²) in [6.45, 7) is 12.9. The third-order valence-electron chi connectivity index (χ3n) is 3.82. The lowest BCUT2D eigenvalue weighted by Gasteiger charge is -2.34. The normalized spacial score (nSPS) is 21.1. The summed E-state index contributed by atoms with van der Waals surface area (Å²) in [5.41, 5.74) is 5.16. The molecule has 5 nitrogen and oxygen atoms in total. The lowest BCUT2D eigenvalue weighted by Crippen LogP contribution is -2.48. The van der Waals surface area contributed by atoms with E-state index in [1.165, 1.54) is 0 Å². The van der Waals surface area contributed by atoms with Crippen molar-refractivity contribution >= 4 is 5.97 Å². The Morgan fingerprint density at radius 2 is 1.79 bits per heavy atom.